The molecule has 35 heavy (non-hydrogen) atoms. The van der Waals surface area contributed by atoms with Gasteiger partial charge in [-0.3, -0.25) is 4.79 Å². The summed E-state index contributed by atoms with van der Waals surface area (Å²) in [5.74, 6) is 0.415. The molecule has 0 aliphatic carbocycles. The normalized spacial score (nSPS) is 11.9. The maximum absolute atomic E-state index is 13.7. The molecule has 2 aromatic carbocycles. The molecule has 188 valence electrons. The second-order valence-electron chi connectivity index (χ2n) is 8.62. The van der Waals surface area contributed by atoms with Crippen molar-refractivity contribution in [1.29, 1.82) is 0 Å². The van der Waals surface area contributed by atoms with Gasteiger partial charge in [-0.15, -0.1) is 0 Å². The number of fused-ring (bicyclic) bond motifs is 2. The summed E-state index contributed by atoms with van der Waals surface area (Å²) in [5, 5.41) is 22.3. The van der Waals surface area contributed by atoms with Gasteiger partial charge in [-0.25, -0.2) is 0 Å². The van der Waals surface area contributed by atoms with Crippen molar-refractivity contribution in [1.82, 2.24) is 0 Å². The fraction of sp³-hybridized carbons (Fsp3) is 0.414. The zero-order valence-electron chi connectivity index (χ0n) is 21.1. The number of phenols is 2. The van der Waals surface area contributed by atoms with Gasteiger partial charge in [-0.1, -0.05) is 63.8 Å². The highest BCUT2D eigenvalue weighted by Crippen LogP contribution is 2.40. The molecule has 1 heterocycles. The highest BCUT2D eigenvalue weighted by molar-refractivity contribution is 5.97. The number of allylic oxidation sites excluding steroid dienone is 4. The Morgan fingerprint density at radius 2 is 1.31 bits per heavy atom. The Morgan fingerprint density at radius 1 is 0.771 bits per heavy atom. The van der Waals surface area contributed by atoms with Crippen LogP contribution in [0.4, 0.5) is 0 Å². The van der Waals surface area contributed by atoms with Gasteiger partial charge >= 0.3 is 0 Å². The van der Waals surface area contributed by atoms with E-state index >= 15 is 0 Å². The lowest BCUT2D eigenvalue weighted by Gasteiger charge is -2.14. The SMILES string of the molecule is CCCC/C=C/Cc1c(OC)cc2oc3cc(OC)c(O)c(C/C=C/CCCC)c3c(=O)c2c1O. The first kappa shape index (κ1) is 26.2. The number of phenolic OH excluding ortho intramolecular Hbond substituents is 2. The van der Waals surface area contributed by atoms with Gasteiger partial charge in [0.05, 0.1) is 19.6 Å². The molecule has 3 rings (SSSR count). The summed E-state index contributed by atoms with van der Waals surface area (Å²) in [5.41, 5.74) is 1.04. The second-order valence-corrected chi connectivity index (χ2v) is 8.62. The van der Waals surface area contributed by atoms with E-state index in [2.05, 4.69) is 19.9 Å². The Hall–Kier alpha value is -3.41. The van der Waals surface area contributed by atoms with E-state index in [0.717, 1.165) is 38.5 Å². The molecule has 0 spiro atoms. The molecule has 6 heteroatoms. The van der Waals surface area contributed by atoms with E-state index < -0.39 is 5.43 Å². The quantitative estimate of drug-likeness (QED) is 0.166. The molecular weight excluding hydrogens is 444 g/mol. The molecule has 0 unspecified atom stereocenters. The van der Waals surface area contributed by atoms with Crippen LogP contribution in [0.25, 0.3) is 21.9 Å². The summed E-state index contributed by atoms with van der Waals surface area (Å²) in [4.78, 5) is 13.7. The number of unbranched alkanes of at least 4 members (excludes halogenated alkanes) is 4. The fourth-order valence-corrected chi connectivity index (χ4v) is 4.23. The number of ether oxygens (including phenoxy) is 2. The van der Waals surface area contributed by atoms with E-state index in [1.54, 1.807) is 6.07 Å². The molecule has 2 N–H and O–H groups in total. The lowest BCUT2D eigenvalue weighted by Crippen LogP contribution is -2.08. The number of aromatic hydroxyl groups is 2. The standard InChI is InChI=1S/C29H36O6/c1-5-7-9-11-13-15-19-21(33-3)17-23-26(28(19)31)29(32)25-20(16-14-12-10-8-6-2)27(30)24(34-4)18-22(25)35-23/h11-14,17-18,30-31H,5-10,15-16H2,1-4H3/b13-11+,14-12+. The summed E-state index contributed by atoms with van der Waals surface area (Å²) >= 11 is 0. The molecule has 0 radical (unpaired) electrons. The minimum atomic E-state index is -0.396. The van der Waals surface area contributed by atoms with E-state index in [0.29, 0.717) is 29.7 Å². The van der Waals surface area contributed by atoms with Crippen molar-refractivity contribution in [3.05, 3.63) is 57.8 Å². The van der Waals surface area contributed by atoms with Gasteiger partial charge in [0.1, 0.15) is 28.1 Å². The van der Waals surface area contributed by atoms with Gasteiger partial charge in [0, 0.05) is 23.3 Å². The minimum Gasteiger partial charge on any atom is -0.507 e. The van der Waals surface area contributed by atoms with Crippen LogP contribution in [0.15, 0.2) is 45.6 Å². The van der Waals surface area contributed by atoms with Crippen LogP contribution in [-0.4, -0.2) is 24.4 Å². The highest BCUT2D eigenvalue weighted by atomic mass is 16.5. The Balaban J connectivity index is 2.21. The predicted octanol–water partition coefficient (Wildman–Crippen LogP) is 6.95. The molecular formula is C29H36O6. The van der Waals surface area contributed by atoms with Crippen molar-refractivity contribution in [2.24, 2.45) is 0 Å². The van der Waals surface area contributed by atoms with Crippen molar-refractivity contribution in [2.75, 3.05) is 14.2 Å². The average Bonchev–Trinajstić information content (AvgIpc) is 2.85. The van der Waals surface area contributed by atoms with Gasteiger partial charge in [0.2, 0.25) is 5.43 Å². The molecule has 0 bridgehead atoms. The molecule has 0 saturated carbocycles. The predicted molar refractivity (Wildman–Crippen MR) is 141 cm³/mol. The van der Waals surface area contributed by atoms with Crippen LogP contribution in [-0.2, 0) is 12.8 Å². The maximum atomic E-state index is 13.7. The van der Waals surface area contributed by atoms with Gasteiger partial charge < -0.3 is 24.1 Å². The molecule has 0 fully saturated rings. The molecule has 0 amide bonds. The van der Waals surface area contributed by atoms with Crippen LogP contribution in [0.2, 0.25) is 0 Å². The van der Waals surface area contributed by atoms with E-state index in [1.165, 1.54) is 20.3 Å². The van der Waals surface area contributed by atoms with Crippen LogP contribution >= 0.6 is 0 Å². The summed E-state index contributed by atoms with van der Waals surface area (Å²) in [6.07, 6.45) is 15.0. The summed E-state index contributed by atoms with van der Waals surface area (Å²) in [7, 11) is 2.98. The van der Waals surface area contributed by atoms with Crippen molar-refractivity contribution in [2.45, 2.75) is 65.2 Å². The first-order valence-electron chi connectivity index (χ1n) is 12.4. The Morgan fingerprint density at radius 3 is 1.89 bits per heavy atom. The Labute approximate surface area is 206 Å². The van der Waals surface area contributed by atoms with E-state index in [4.69, 9.17) is 13.9 Å². The zero-order valence-corrected chi connectivity index (χ0v) is 21.1. The Bertz CT molecular complexity index is 1280. The fourth-order valence-electron chi connectivity index (χ4n) is 4.23. The van der Waals surface area contributed by atoms with Crippen molar-refractivity contribution >= 4 is 21.9 Å². The maximum Gasteiger partial charge on any atom is 0.204 e. The number of benzene rings is 2. The van der Waals surface area contributed by atoms with Crippen LogP contribution in [0.1, 0.15) is 63.5 Å². The van der Waals surface area contributed by atoms with Gasteiger partial charge in [-0.2, -0.15) is 0 Å². The number of methoxy groups -OCH3 is 2. The van der Waals surface area contributed by atoms with Gasteiger partial charge in [0.15, 0.2) is 11.5 Å². The first-order chi connectivity index (χ1) is 17.0. The number of rotatable bonds is 12. The van der Waals surface area contributed by atoms with Crippen molar-refractivity contribution < 1.29 is 24.1 Å². The molecule has 0 atom stereocenters. The molecule has 3 aromatic rings. The van der Waals surface area contributed by atoms with Crippen LogP contribution in [0, 0.1) is 0 Å². The van der Waals surface area contributed by atoms with E-state index in [1.807, 2.05) is 18.2 Å². The van der Waals surface area contributed by atoms with Crippen molar-refractivity contribution in [3.63, 3.8) is 0 Å². The van der Waals surface area contributed by atoms with Crippen molar-refractivity contribution in [3.8, 4) is 23.0 Å². The van der Waals surface area contributed by atoms with Gasteiger partial charge in [-0.05, 0) is 25.7 Å². The molecule has 0 saturated heterocycles. The number of hydrogen-bond acceptors (Lipinski definition) is 6. The topological polar surface area (TPSA) is 89.1 Å². The smallest absolute Gasteiger partial charge is 0.204 e. The first-order valence-corrected chi connectivity index (χ1v) is 12.4. The summed E-state index contributed by atoms with van der Waals surface area (Å²) in [6, 6.07) is 3.14. The molecule has 0 aliphatic heterocycles. The second kappa shape index (κ2) is 12.3. The van der Waals surface area contributed by atoms with E-state index in [-0.39, 0.29) is 39.2 Å². The third kappa shape index (κ3) is 5.64. The van der Waals surface area contributed by atoms with Crippen LogP contribution in [0.5, 0.6) is 23.0 Å². The third-order valence-corrected chi connectivity index (χ3v) is 6.20. The van der Waals surface area contributed by atoms with Gasteiger partial charge in [0.25, 0.3) is 0 Å². The zero-order chi connectivity index (χ0) is 25.4. The average molecular weight is 481 g/mol. The molecule has 6 nitrogen and oxygen atoms in total. The molecule has 0 aliphatic rings. The largest absolute Gasteiger partial charge is 0.507 e. The summed E-state index contributed by atoms with van der Waals surface area (Å²) in [6.45, 7) is 4.26. The van der Waals surface area contributed by atoms with Crippen LogP contribution < -0.4 is 14.9 Å². The molecule has 1 aromatic heterocycles. The monoisotopic (exact) mass is 480 g/mol. The van der Waals surface area contributed by atoms with Crippen LogP contribution in [0.3, 0.4) is 0 Å². The highest BCUT2D eigenvalue weighted by Gasteiger charge is 2.23. The number of hydrogen-bond donors (Lipinski definition) is 2. The summed E-state index contributed by atoms with van der Waals surface area (Å²) < 4.78 is 16.9. The lowest BCUT2D eigenvalue weighted by atomic mass is 9.99. The minimum absolute atomic E-state index is 0.0797. The Kier molecular flexibility index (Phi) is 9.24. The van der Waals surface area contributed by atoms with E-state index in [9.17, 15) is 15.0 Å². The lowest BCUT2D eigenvalue weighted by molar-refractivity contribution is 0.371. The third-order valence-electron chi connectivity index (χ3n) is 6.20.